The summed E-state index contributed by atoms with van der Waals surface area (Å²) in [6, 6.07) is 9.72. The number of aliphatic carboxylic acids is 1. The largest absolute Gasteiger partial charge is 0.481 e. The number of benzene rings is 1. The van der Waals surface area contributed by atoms with Crippen LogP contribution in [0.4, 0.5) is 0 Å². The Morgan fingerprint density at radius 2 is 1.17 bits per heavy atom. The van der Waals surface area contributed by atoms with E-state index >= 15 is 0 Å². The van der Waals surface area contributed by atoms with Crippen LogP contribution in [0, 0.1) is 21.7 Å². The van der Waals surface area contributed by atoms with Gasteiger partial charge in [0.1, 0.15) is 13.2 Å². The molecular weight excluding hydrogens is 604 g/mol. The highest BCUT2D eigenvalue weighted by atomic mass is 16.7. The van der Waals surface area contributed by atoms with E-state index in [9.17, 15) is 19.2 Å². The molecule has 0 bridgehead atoms. The van der Waals surface area contributed by atoms with Gasteiger partial charge >= 0.3 is 23.9 Å². The van der Waals surface area contributed by atoms with Crippen molar-refractivity contribution < 1.29 is 48.3 Å². The number of esters is 3. The molecule has 2 N–H and O–H groups in total. The van der Waals surface area contributed by atoms with E-state index < -0.39 is 16.8 Å². The molecule has 1 atom stereocenters. The van der Waals surface area contributed by atoms with E-state index in [1.807, 2.05) is 99.6 Å². The van der Waals surface area contributed by atoms with E-state index in [0.717, 1.165) is 37.7 Å². The lowest BCUT2D eigenvalue weighted by atomic mass is 9.91. The summed E-state index contributed by atoms with van der Waals surface area (Å²) in [6.07, 6.45) is 4.55. The Morgan fingerprint density at radius 1 is 0.723 bits per heavy atom. The lowest BCUT2D eigenvalue weighted by Crippen LogP contribution is -2.29. The van der Waals surface area contributed by atoms with Crippen molar-refractivity contribution in [3.63, 3.8) is 0 Å². The van der Waals surface area contributed by atoms with Gasteiger partial charge in [0.15, 0.2) is 0 Å². The molecule has 1 unspecified atom stereocenters. The highest BCUT2D eigenvalue weighted by Gasteiger charge is 2.31. The molecule has 1 aliphatic heterocycles. The standard InChI is InChI=1S/C13H18O2.C10H18O3.C8H16O3.C6H12O2/c1-4-13(2,3)12(14)15-10-11-8-6-5-7-9-11;1-4-10(2,3)9(11)13-8-6-5-7-12-8;1-4-8(2,3)7(10)11-6-5-9;1-4-6(2,3)5(7)8/h5-9H,4,10H2,1-3H3;8H,4-7H2,1-3H3;9H,4-6H2,1-3H3;4H2,1-3H3,(H,7,8). The molecule has 47 heavy (non-hydrogen) atoms. The Morgan fingerprint density at radius 3 is 1.53 bits per heavy atom. The Kier molecular flexibility index (Phi) is 22.2. The highest BCUT2D eigenvalue weighted by Crippen LogP contribution is 2.25. The third-order valence-corrected chi connectivity index (χ3v) is 8.44. The van der Waals surface area contributed by atoms with Gasteiger partial charge in [-0.3, -0.25) is 19.2 Å². The fraction of sp³-hybridized carbons (Fsp3) is 0.730. The molecule has 1 aromatic rings. The summed E-state index contributed by atoms with van der Waals surface area (Å²) >= 11 is 0. The minimum absolute atomic E-state index is 0.0995. The summed E-state index contributed by atoms with van der Waals surface area (Å²) in [4.78, 5) is 44.6. The third kappa shape index (κ3) is 19.4. The zero-order valence-corrected chi connectivity index (χ0v) is 31.2. The number of aliphatic hydroxyl groups excluding tert-OH is 1. The normalized spacial score (nSPS) is 14.5. The van der Waals surface area contributed by atoms with Crippen LogP contribution in [-0.4, -0.2) is 60.2 Å². The number of hydrogen-bond donors (Lipinski definition) is 2. The number of rotatable bonds is 13. The van der Waals surface area contributed by atoms with Crippen LogP contribution in [0.25, 0.3) is 0 Å². The summed E-state index contributed by atoms with van der Waals surface area (Å²) < 4.78 is 20.4. The van der Waals surface area contributed by atoms with Crippen molar-refractivity contribution in [2.75, 3.05) is 19.8 Å². The third-order valence-electron chi connectivity index (χ3n) is 8.44. The van der Waals surface area contributed by atoms with Crippen molar-refractivity contribution in [2.45, 2.75) is 135 Å². The molecule has 272 valence electrons. The Bertz CT molecular complexity index is 1040. The van der Waals surface area contributed by atoms with E-state index in [1.165, 1.54) is 0 Å². The first-order chi connectivity index (χ1) is 21.7. The summed E-state index contributed by atoms with van der Waals surface area (Å²) in [7, 11) is 0. The predicted molar refractivity (Wildman–Crippen MR) is 183 cm³/mol. The molecule has 0 radical (unpaired) electrons. The lowest BCUT2D eigenvalue weighted by Gasteiger charge is -2.22. The molecule has 1 fully saturated rings. The van der Waals surface area contributed by atoms with Crippen molar-refractivity contribution in [1.82, 2.24) is 0 Å². The van der Waals surface area contributed by atoms with Crippen LogP contribution in [0.5, 0.6) is 0 Å². The van der Waals surface area contributed by atoms with Gasteiger partial charge in [-0.2, -0.15) is 0 Å². The number of ether oxygens (including phenoxy) is 4. The first-order valence-electron chi connectivity index (χ1n) is 16.7. The average Bonchev–Trinajstić information content (AvgIpc) is 3.56. The zero-order chi connectivity index (χ0) is 36.9. The van der Waals surface area contributed by atoms with Crippen LogP contribution < -0.4 is 0 Å². The maximum absolute atomic E-state index is 11.6. The molecule has 10 heteroatoms. The minimum Gasteiger partial charge on any atom is -0.481 e. The van der Waals surface area contributed by atoms with Crippen LogP contribution in [0.15, 0.2) is 30.3 Å². The van der Waals surface area contributed by atoms with E-state index in [0.29, 0.717) is 19.6 Å². The molecule has 0 aliphatic carbocycles. The molecular formula is C37H64O10. The number of aliphatic hydroxyl groups is 1. The van der Waals surface area contributed by atoms with Crippen molar-refractivity contribution in [2.24, 2.45) is 21.7 Å². The highest BCUT2D eigenvalue weighted by molar-refractivity contribution is 5.76. The number of carboxylic acids is 1. The van der Waals surface area contributed by atoms with E-state index in [1.54, 1.807) is 13.8 Å². The minimum atomic E-state index is -0.722. The molecule has 10 nitrogen and oxygen atoms in total. The van der Waals surface area contributed by atoms with Crippen LogP contribution >= 0.6 is 0 Å². The van der Waals surface area contributed by atoms with Gasteiger partial charge in [-0.15, -0.1) is 0 Å². The maximum atomic E-state index is 11.6. The van der Waals surface area contributed by atoms with Gasteiger partial charge in [-0.25, -0.2) is 0 Å². The van der Waals surface area contributed by atoms with Crippen molar-refractivity contribution >= 4 is 23.9 Å². The lowest BCUT2D eigenvalue weighted by molar-refractivity contribution is -0.180. The summed E-state index contributed by atoms with van der Waals surface area (Å²) in [5.74, 6) is -1.25. The predicted octanol–water partition coefficient (Wildman–Crippen LogP) is 7.73. The van der Waals surface area contributed by atoms with Crippen LogP contribution in [0.2, 0.25) is 0 Å². The zero-order valence-electron chi connectivity index (χ0n) is 31.2. The SMILES string of the molecule is CCC(C)(C)C(=O)O.CCC(C)(C)C(=O)OC1CCCO1.CCC(C)(C)C(=O)OCCO.CCC(C)(C)C(=O)OCc1ccccc1. The van der Waals surface area contributed by atoms with Crippen molar-refractivity contribution in [3.8, 4) is 0 Å². The number of carboxylic acid groups (broad SMARTS) is 1. The van der Waals surface area contributed by atoms with Gasteiger partial charge < -0.3 is 29.2 Å². The molecule has 1 saturated heterocycles. The molecule has 2 rings (SSSR count). The van der Waals surface area contributed by atoms with Crippen LogP contribution in [-0.2, 0) is 44.7 Å². The molecule has 1 aliphatic rings. The van der Waals surface area contributed by atoms with Crippen LogP contribution in [0.1, 0.15) is 127 Å². The first-order valence-corrected chi connectivity index (χ1v) is 16.7. The van der Waals surface area contributed by atoms with Crippen molar-refractivity contribution in [1.29, 1.82) is 0 Å². The molecule has 0 amide bonds. The smallest absolute Gasteiger partial charge is 0.313 e. The van der Waals surface area contributed by atoms with Crippen LogP contribution in [0.3, 0.4) is 0 Å². The summed E-state index contributed by atoms with van der Waals surface area (Å²) in [5, 5.41) is 16.8. The topological polar surface area (TPSA) is 146 Å². The quantitative estimate of drug-likeness (QED) is 0.158. The molecule has 0 spiro atoms. The fourth-order valence-corrected chi connectivity index (χ4v) is 2.76. The first kappa shape index (κ1) is 46.1. The molecule has 1 heterocycles. The van der Waals surface area contributed by atoms with Gasteiger partial charge in [0.2, 0.25) is 6.29 Å². The Labute approximate surface area is 283 Å². The number of hydrogen-bond acceptors (Lipinski definition) is 9. The fourth-order valence-electron chi connectivity index (χ4n) is 2.76. The van der Waals surface area contributed by atoms with E-state index in [-0.39, 0.29) is 48.2 Å². The number of carbonyl (C=O) groups excluding carboxylic acids is 3. The van der Waals surface area contributed by atoms with Gasteiger partial charge in [-0.05, 0) is 93.1 Å². The summed E-state index contributed by atoms with van der Waals surface area (Å²) in [6.45, 7) is 23.5. The van der Waals surface area contributed by atoms with Gasteiger partial charge in [-0.1, -0.05) is 58.0 Å². The van der Waals surface area contributed by atoms with Gasteiger partial charge in [0.05, 0.1) is 34.9 Å². The summed E-state index contributed by atoms with van der Waals surface area (Å²) in [5.41, 5.74) is -0.701. The Hall–Kier alpha value is -2.98. The molecule has 0 saturated carbocycles. The van der Waals surface area contributed by atoms with E-state index in [4.69, 9.17) is 29.2 Å². The van der Waals surface area contributed by atoms with Gasteiger partial charge in [0, 0.05) is 6.42 Å². The number of carbonyl (C=O) groups is 4. The van der Waals surface area contributed by atoms with Gasteiger partial charge in [0.25, 0.3) is 0 Å². The van der Waals surface area contributed by atoms with Crippen molar-refractivity contribution in [3.05, 3.63) is 35.9 Å². The second kappa shape index (κ2) is 22.6. The second-order valence-corrected chi connectivity index (χ2v) is 14.0. The average molecular weight is 669 g/mol. The molecule has 0 aromatic heterocycles. The maximum Gasteiger partial charge on any atom is 0.313 e. The molecule has 1 aromatic carbocycles. The van der Waals surface area contributed by atoms with E-state index in [2.05, 4.69) is 0 Å². The Balaban J connectivity index is 0. The second-order valence-electron chi connectivity index (χ2n) is 14.0. The monoisotopic (exact) mass is 668 g/mol.